The molecule has 6 rings (SSSR count). The molecular formula is C30H34N2O2S. The molecule has 35 heavy (non-hydrogen) atoms. The average molecular weight is 487 g/mol. The zero-order valence-corrected chi connectivity index (χ0v) is 21.6. The third kappa shape index (κ3) is 4.17. The van der Waals surface area contributed by atoms with Crippen LogP contribution in [0.2, 0.25) is 0 Å². The fraction of sp³-hybridized carbons (Fsp3) is 0.467. The lowest BCUT2D eigenvalue weighted by Gasteiger charge is -2.40. The van der Waals surface area contributed by atoms with Gasteiger partial charge in [-0.2, -0.15) is 0 Å². The number of hydrogen-bond donors (Lipinski definition) is 0. The molecule has 1 saturated heterocycles. The smallest absolute Gasteiger partial charge is 0.258 e. The summed E-state index contributed by atoms with van der Waals surface area (Å²) in [7, 11) is 0. The molecule has 0 bridgehead atoms. The lowest BCUT2D eigenvalue weighted by atomic mass is 9.68. The Morgan fingerprint density at radius 2 is 1.80 bits per heavy atom. The first-order chi connectivity index (χ1) is 17.0. The van der Waals surface area contributed by atoms with Crippen LogP contribution in [0.15, 0.2) is 64.3 Å². The van der Waals surface area contributed by atoms with Crippen LogP contribution < -0.4 is 5.56 Å². The van der Waals surface area contributed by atoms with Crippen molar-refractivity contribution in [2.75, 3.05) is 6.61 Å². The number of fused-ring (bicyclic) bond motifs is 4. The van der Waals surface area contributed by atoms with Crippen LogP contribution in [0.4, 0.5) is 0 Å². The van der Waals surface area contributed by atoms with Gasteiger partial charge in [-0.25, -0.2) is 4.98 Å². The maximum Gasteiger partial charge on any atom is 0.258 e. The first-order valence-corrected chi connectivity index (χ1v) is 14.0. The van der Waals surface area contributed by atoms with Crippen LogP contribution in [0, 0.1) is 0 Å². The Labute approximate surface area is 212 Å². The Morgan fingerprint density at radius 3 is 2.57 bits per heavy atom. The van der Waals surface area contributed by atoms with Crippen molar-refractivity contribution in [1.29, 1.82) is 0 Å². The number of nitrogens with zero attached hydrogens (tertiary/aromatic N) is 2. The first-order valence-electron chi connectivity index (χ1n) is 13.0. The van der Waals surface area contributed by atoms with E-state index in [4.69, 9.17) is 9.72 Å². The van der Waals surface area contributed by atoms with E-state index in [1.807, 2.05) is 6.07 Å². The predicted octanol–water partition coefficient (Wildman–Crippen LogP) is 6.70. The molecule has 2 fully saturated rings. The van der Waals surface area contributed by atoms with Gasteiger partial charge in [0.15, 0.2) is 0 Å². The van der Waals surface area contributed by atoms with E-state index in [2.05, 4.69) is 66.9 Å². The first kappa shape index (κ1) is 23.1. The number of thioether (sulfide) groups is 1. The molecule has 2 aromatic carbocycles. The number of hydrogen-bond acceptors (Lipinski definition) is 4. The third-order valence-corrected chi connectivity index (χ3v) is 9.24. The van der Waals surface area contributed by atoms with Crippen molar-refractivity contribution in [2.24, 2.45) is 0 Å². The van der Waals surface area contributed by atoms with Crippen LogP contribution in [0.3, 0.4) is 0 Å². The molecule has 182 valence electrons. The summed E-state index contributed by atoms with van der Waals surface area (Å²) in [5.74, 6) is 1.58. The zero-order valence-electron chi connectivity index (χ0n) is 20.8. The van der Waals surface area contributed by atoms with Crippen molar-refractivity contribution in [1.82, 2.24) is 9.55 Å². The van der Waals surface area contributed by atoms with Gasteiger partial charge in [0.25, 0.3) is 5.56 Å². The molecule has 1 unspecified atom stereocenters. The molecule has 3 aliphatic rings. The molecule has 0 radical (unpaired) electrons. The fourth-order valence-corrected chi connectivity index (χ4v) is 7.50. The van der Waals surface area contributed by atoms with Crippen molar-refractivity contribution in [3.05, 3.63) is 81.9 Å². The summed E-state index contributed by atoms with van der Waals surface area (Å²) < 4.78 is 8.13. The Balaban J connectivity index is 1.54. The molecule has 1 atom stereocenters. The van der Waals surface area contributed by atoms with Gasteiger partial charge in [0.1, 0.15) is 5.82 Å². The van der Waals surface area contributed by atoms with Crippen LogP contribution in [0.1, 0.15) is 75.4 Å². The Hall–Kier alpha value is -2.37. The van der Waals surface area contributed by atoms with Gasteiger partial charge in [-0.1, -0.05) is 55.3 Å². The maximum absolute atomic E-state index is 14.6. The molecule has 5 heteroatoms. The summed E-state index contributed by atoms with van der Waals surface area (Å²) in [6, 6.07) is 19.2. The monoisotopic (exact) mass is 486 g/mol. The molecule has 2 heterocycles. The highest BCUT2D eigenvalue weighted by Crippen LogP contribution is 2.50. The van der Waals surface area contributed by atoms with Crippen LogP contribution in [0.25, 0.3) is 11.3 Å². The zero-order chi connectivity index (χ0) is 24.0. The highest BCUT2D eigenvalue weighted by molar-refractivity contribution is 7.98. The lowest BCUT2D eigenvalue weighted by Crippen LogP contribution is -2.44. The van der Waals surface area contributed by atoms with E-state index in [0.717, 1.165) is 54.7 Å². The minimum absolute atomic E-state index is 0.0681. The van der Waals surface area contributed by atoms with E-state index < -0.39 is 0 Å². The fourth-order valence-electron chi connectivity index (χ4n) is 6.65. The second-order valence-corrected chi connectivity index (χ2v) is 12.2. The van der Waals surface area contributed by atoms with Crippen molar-refractivity contribution >= 4 is 11.8 Å². The maximum atomic E-state index is 14.6. The van der Waals surface area contributed by atoms with Gasteiger partial charge in [0.2, 0.25) is 0 Å². The van der Waals surface area contributed by atoms with Crippen LogP contribution in [0.5, 0.6) is 0 Å². The summed E-state index contributed by atoms with van der Waals surface area (Å²) in [4.78, 5) is 21.2. The van der Waals surface area contributed by atoms with E-state index in [0.29, 0.717) is 12.4 Å². The van der Waals surface area contributed by atoms with E-state index in [1.165, 1.54) is 23.3 Å². The average Bonchev–Trinajstić information content (AvgIpc) is 3.31. The molecule has 1 aromatic heterocycles. The Bertz CT molecular complexity index is 1290. The second kappa shape index (κ2) is 8.94. The summed E-state index contributed by atoms with van der Waals surface area (Å²) in [5, 5.41) is 0. The van der Waals surface area contributed by atoms with E-state index in [9.17, 15) is 4.79 Å². The molecule has 1 saturated carbocycles. The highest BCUT2D eigenvalue weighted by Gasteiger charge is 2.45. The minimum atomic E-state index is -0.236. The van der Waals surface area contributed by atoms with E-state index in [-0.39, 0.29) is 22.6 Å². The van der Waals surface area contributed by atoms with E-state index in [1.54, 1.807) is 11.8 Å². The van der Waals surface area contributed by atoms with Gasteiger partial charge in [-0.15, -0.1) is 11.8 Å². The molecule has 2 aliphatic carbocycles. The highest BCUT2D eigenvalue weighted by atomic mass is 32.2. The minimum Gasteiger partial charge on any atom is -0.375 e. The topological polar surface area (TPSA) is 44.1 Å². The van der Waals surface area contributed by atoms with Gasteiger partial charge < -0.3 is 4.74 Å². The molecule has 1 spiro atoms. The number of ether oxygens (including phenoxy) is 1. The van der Waals surface area contributed by atoms with Gasteiger partial charge >= 0.3 is 0 Å². The summed E-state index contributed by atoms with van der Waals surface area (Å²) in [5.41, 5.74) is 4.35. The lowest BCUT2D eigenvalue weighted by molar-refractivity contribution is -0.0700. The Morgan fingerprint density at radius 1 is 1.06 bits per heavy atom. The predicted molar refractivity (Wildman–Crippen MR) is 142 cm³/mol. The Kier molecular flexibility index (Phi) is 5.89. The van der Waals surface area contributed by atoms with Crippen molar-refractivity contribution in [3.63, 3.8) is 0 Å². The normalized spacial score (nSPS) is 22.1. The van der Waals surface area contributed by atoms with Gasteiger partial charge in [0.05, 0.1) is 22.6 Å². The molecule has 0 amide bonds. The van der Waals surface area contributed by atoms with Gasteiger partial charge in [0, 0.05) is 28.5 Å². The quantitative estimate of drug-likeness (QED) is 0.385. The second-order valence-electron chi connectivity index (χ2n) is 11.1. The number of rotatable bonds is 4. The summed E-state index contributed by atoms with van der Waals surface area (Å²) >= 11 is 1.76. The van der Waals surface area contributed by atoms with Crippen molar-refractivity contribution in [2.45, 2.75) is 86.5 Å². The van der Waals surface area contributed by atoms with Crippen LogP contribution in [-0.2, 0) is 22.3 Å². The summed E-state index contributed by atoms with van der Waals surface area (Å²) in [6.45, 7) is 4.96. The van der Waals surface area contributed by atoms with Crippen LogP contribution in [-0.4, -0.2) is 21.8 Å². The molecule has 3 aromatic rings. The largest absolute Gasteiger partial charge is 0.375 e. The number of aromatic nitrogens is 2. The third-order valence-electron chi connectivity index (χ3n) is 8.23. The molecule has 0 N–H and O–H groups in total. The standard InChI is InChI=1S/C30H34N2O2S/c1-29(2)19-22(14-17-34-29)32-25(20-35-23-11-4-3-5-12-23)31-27-24-13-7-6-10-21(24)18-30(15-8-9-16-30)26(27)28(32)33/h3-7,10-13,22H,8-9,14-20H2,1-2H3. The number of benzene rings is 2. The van der Waals surface area contributed by atoms with Crippen LogP contribution >= 0.6 is 11.8 Å². The van der Waals surface area contributed by atoms with Gasteiger partial charge in [-0.3, -0.25) is 9.36 Å². The molecule has 4 nitrogen and oxygen atoms in total. The molecule has 1 aliphatic heterocycles. The molecular weight excluding hydrogens is 452 g/mol. The van der Waals surface area contributed by atoms with Crippen molar-refractivity contribution < 1.29 is 4.74 Å². The van der Waals surface area contributed by atoms with Gasteiger partial charge in [-0.05, 0) is 63.6 Å². The van der Waals surface area contributed by atoms with Crippen molar-refractivity contribution in [3.8, 4) is 11.3 Å². The SMILES string of the molecule is CC1(C)CC(n2c(CSc3ccccc3)nc3c(c2=O)C2(CCCC2)Cc2ccccc2-3)CCO1. The summed E-state index contributed by atoms with van der Waals surface area (Å²) in [6.07, 6.45) is 7.21. The van der Waals surface area contributed by atoms with E-state index >= 15 is 0 Å².